The summed E-state index contributed by atoms with van der Waals surface area (Å²) in [5.74, 6) is 1.06. The highest BCUT2D eigenvalue weighted by atomic mass is 32.2. The minimum Gasteiger partial charge on any atom is -0.465 e. The van der Waals surface area contributed by atoms with E-state index < -0.39 is 5.97 Å². The van der Waals surface area contributed by atoms with Crippen LogP contribution in [0.25, 0.3) is 11.1 Å². The summed E-state index contributed by atoms with van der Waals surface area (Å²) in [7, 11) is 1.35. The smallest absolute Gasteiger partial charge is 0.341 e. The van der Waals surface area contributed by atoms with Gasteiger partial charge in [-0.1, -0.05) is 49.0 Å². The number of carbonyl (C=O) groups excluding carboxylic acids is 2. The van der Waals surface area contributed by atoms with E-state index in [0.717, 1.165) is 52.8 Å². The van der Waals surface area contributed by atoms with E-state index in [2.05, 4.69) is 27.0 Å². The average Bonchev–Trinajstić information content (AvgIpc) is 3.48. The first-order valence-corrected chi connectivity index (χ1v) is 12.5. The van der Waals surface area contributed by atoms with Crippen molar-refractivity contribution < 1.29 is 14.3 Å². The van der Waals surface area contributed by atoms with Gasteiger partial charge in [-0.25, -0.2) is 4.79 Å². The maximum Gasteiger partial charge on any atom is 0.341 e. The molecule has 1 fully saturated rings. The molecule has 4 rings (SSSR count). The molecule has 0 aliphatic heterocycles. The van der Waals surface area contributed by atoms with E-state index in [4.69, 9.17) is 4.74 Å². The number of hydrogen-bond acceptors (Lipinski definition) is 7. The maximum atomic E-state index is 12.8. The summed E-state index contributed by atoms with van der Waals surface area (Å²) < 4.78 is 7.16. The van der Waals surface area contributed by atoms with Gasteiger partial charge in [0.2, 0.25) is 5.91 Å². The number of ether oxygens (including phenoxy) is 1. The van der Waals surface area contributed by atoms with Crippen LogP contribution in [-0.4, -0.2) is 39.5 Å². The van der Waals surface area contributed by atoms with Crippen molar-refractivity contribution in [2.75, 3.05) is 18.2 Å². The van der Waals surface area contributed by atoms with Gasteiger partial charge in [-0.05, 0) is 31.7 Å². The van der Waals surface area contributed by atoms with Gasteiger partial charge in [0.05, 0.1) is 12.9 Å². The molecule has 0 bridgehead atoms. The lowest BCUT2D eigenvalue weighted by molar-refractivity contribution is -0.113. The number of nitrogens with zero attached hydrogens (tertiary/aromatic N) is 3. The lowest BCUT2D eigenvalue weighted by Gasteiger charge is -2.09. The predicted molar refractivity (Wildman–Crippen MR) is 127 cm³/mol. The quantitative estimate of drug-likeness (QED) is 0.345. The number of thiophene rings is 1. The van der Waals surface area contributed by atoms with Gasteiger partial charge in [0.15, 0.2) is 5.16 Å². The Balaban J connectivity index is 1.52. The zero-order valence-corrected chi connectivity index (χ0v) is 20.0. The second-order valence-electron chi connectivity index (χ2n) is 7.70. The fourth-order valence-electron chi connectivity index (χ4n) is 3.66. The average molecular weight is 471 g/mol. The molecule has 1 aliphatic rings. The number of esters is 1. The molecule has 0 spiro atoms. The first kappa shape index (κ1) is 22.5. The topological polar surface area (TPSA) is 86.1 Å². The summed E-state index contributed by atoms with van der Waals surface area (Å²) in [6, 6.07) is 9.66. The number of thioether (sulfide) groups is 1. The van der Waals surface area contributed by atoms with E-state index in [0.29, 0.717) is 16.5 Å². The molecule has 1 aliphatic carbocycles. The molecule has 1 amide bonds. The van der Waals surface area contributed by atoms with Crippen molar-refractivity contribution in [3.8, 4) is 11.1 Å². The Morgan fingerprint density at radius 1 is 1.25 bits per heavy atom. The minimum absolute atomic E-state index is 0.185. The van der Waals surface area contributed by atoms with Crippen molar-refractivity contribution in [1.29, 1.82) is 0 Å². The van der Waals surface area contributed by atoms with Gasteiger partial charge in [0.25, 0.3) is 0 Å². The highest BCUT2D eigenvalue weighted by Gasteiger charge is 2.30. The van der Waals surface area contributed by atoms with E-state index in [1.54, 1.807) is 0 Å². The zero-order chi connectivity index (χ0) is 22.7. The SMILES string of the molecule is CCCn1c(SCC(=O)Nc2sc(C)c(-c3ccccc3)c2C(=O)OC)nnc1C1CC1. The van der Waals surface area contributed by atoms with Crippen molar-refractivity contribution >= 4 is 40.0 Å². The third-order valence-electron chi connectivity index (χ3n) is 5.26. The number of hydrogen-bond donors (Lipinski definition) is 1. The Morgan fingerprint density at radius 2 is 2.00 bits per heavy atom. The molecular formula is C23H26N4O3S2. The monoisotopic (exact) mass is 470 g/mol. The fraction of sp³-hybridized carbons (Fsp3) is 0.391. The van der Waals surface area contributed by atoms with Crippen LogP contribution < -0.4 is 5.32 Å². The summed E-state index contributed by atoms with van der Waals surface area (Å²) in [4.78, 5) is 26.3. The molecule has 0 unspecified atom stereocenters. The van der Waals surface area contributed by atoms with Crippen molar-refractivity contribution in [3.63, 3.8) is 0 Å². The number of nitrogens with one attached hydrogen (secondary N) is 1. The number of anilines is 1. The number of methoxy groups -OCH3 is 1. The third-order valence-corrected chi connectivity index (χ3v) is 7.24. The zero-order valence-electron chi connectivity index (χ0n) is 18.4. The number of aromatic nitrogens is 3. The Labute approximate surface area is 195 Å². The van der Waals surface area contributed by atoms with Gasteiger partial charge in [-0.2, -0.15) is 0 Å². The molecule has 0 atom stereocenters. The summed E-state index contributed by atoms with van der Waals surface area (Å²) >= 11 is 2.76. The Morgan fingerprint density at radius 3 is 2.66 bits per heavy atom. The fourth-order valence-corrected chi connectivity index (χ4v) is 5.51. The summed E-state index contributed by atoms with van der Waals surface area (Å²) in [6.45, 7) is 4.91. The van der Waals surface area contributed by atoms with Gasteiger partial charge in [-0.3, -0.25) is 4.79 Å². The molecule has 2 aromatic heterocycles. The van der Waals surface area contributed by atoms with Crippen molar-refractivity contribution in [1.82, 2.24) is 14.8 Å². The maximum absolute atomic E-state index is 12.8. The van der Waals surface area contributed by atoms with E-state index in [1.807, 2.05) is 37.3 Å². The van der Waals surface area contributed by atoms with Gasteiger partial charge < -0.3 is 14.6 Å². The van der Waals surface area contributed by atoms with Crippen LogP contribution in [0.3, 0.4) is 0 Å². The molecule has 2 heterocycles. The van der Waals surface area contributed by atoms with Gasteiger partial charge in [-0.15, -0.1) is 21.5 Å². The molecule has 1 N–H and O–H groups in total. The van der Waals surface area contributed by atoms with Crippen molar-refractivity contribution in [3.05, 3.63) is 46.6 Å². The molecule has 7 nitrogen and oxygen atoms in total. The van der Waals surface area contributed by atoms with Crippen molar-refractivity contribution in [2.24, 2.45) is 0 Å². The van der Waals surface area contributed by atoms with Crippen LogP contribution in [0.15, 0.2) is 35.5 Å². The largest absolute Gasteiger partial charge is 0.465 e. The lowest BCUT2D eigenvalue weighted by atomic mass is 10.0. The Kier molecular flexibility index (Phi) is 6.95. The first-order chi connectivity index (χ1) is 15.5. The number of aryl methyl sites for hydroxylation is 1. The van der Waals surface area contributed by atoms with E-state index >= 15 is 0 Å². The Bertz CT molecular complexity index is 1120. The highest BCUT2D eigenvalue weighted by molar-refractivity contribution is 7.99. The molecule has 9 heteroatoms. The highest BCUT2D eigenvalue weighted by Crippen LogP contribution is 2.41. The minimum atomic E-state index is -0.465. The number of benzene rings is 1. The van der Waals surface area contributed by atoms with Crippen LogP contribution in [-0.2, 0) is 16.1 Å². The molecule has 0 radical (unpaired) electrons. The van der Waals surface area contributed by atoms with E-state index in [9.17, 15) is 9.59 Å². The normalized spacial score (nSPS) is 13.2. The third kappa shape index (κ3) is 4.73. The molecule has 1 saturated carbocycles. The van der Waals surface area contributed by atoms with Gasteiger partial charge in [0, 0.05) is 22.9 Å². The second kappa shape index (κ2) is 9.87. The van der Waals surface area contributed by atoms with Crippen LogP contribution >= 0.6 is 23.1 Å². The molecule has 168 valence electrons. The van der Waals surface area contributed by atoms with Crippen LogP contribution in [0.4, 0.5) is 5.00 Å². The van der Waals surface area contributed by atoms with Crippen LogP contribution in [0.5, 0.6) is 0 Å². The van der Waals surface area contributed by atoms with E-state index in [-0.39, 0.29) is 11.7 Å². The van der Waals surface area contributed by atoms with Crippen molar-refractivity contribution in [2.45, 2.75) is 50.7 Å². The number of carbonyl (C=O) groups is 2. The lowest BCUT2D eigenvalue weighted by Crippen LogP contribution is -2.16. The van der Waals surface area contributed by atoms with E-state index in [1.165, 1.54) is 30.2 Å². The summed E-state index contributed by atoms with van der Waals surface area (Å²) in [6.07, 6.45) is 3.30. The summed E-state index contributed by atoms with van der Waals surface area (Å²) in [5, 5.41) is 12.9. The van der Waals surface area contributed by atoms with Crippen LogP contribution in [0.1, 0.15) is 53.2 Å². The molecule has 3 aromatic rings. The van der Waals surface area contributed by atoms with Crippen LogP contribution in [0.2, 0.25) is 0 Å². The van der Waals surface area contributed by atoms with Crippen LogP contribution in [0, 0.1) is 6.92 Å². The molecule has 0 saturated heterocycles. The first-order valence-electron chi connectivity index (χ1n) is 10.7. The number of rotatable bonds is 9. The second-order valence-corrected chi connectivity index (χ2v) is 9.87. The predicted octanol–water partition coefficient (Wildman–Crippen LogP) is 5.12. The van der Waals surface area contributed by atoms with Gasteiger partial charge >= 0.3 is 5.97 Å². The molecule has 32 heavy (non-hydrogen) atoms. The summed E-state index contributed by atoms with van der Waals surface area (Å²) in [5.41, 5.74) is 2.10. The Hall–Kier alpha value is -2.65. The molecule has 1 aromatic carbocycles. The molecular weight excluding hydrogens is 444 g/mol. The van der Waals surface area contributed by atoms with Gasteiger partial charge in [0.1, 0.15) is 16.4 Å². The number of amides is 1. The standard InChI is InChI=1S/C23H26N4O3S2/c1-4-12-27-20(16-10-11-16)25-26-23(27)31-13-17(28)24-21-19(22(29)30-3)18(14(2)32-21)15-8-6-5-7-9-15/h5-9,16H,4,10-13H2,1-3H3,(H,24,28).